The van der Waals surface area contributed by atoms with E-state index in [9.17, 15) is 9.50 Å². The third-order valence-corrected chi connectivity index (χ3v) is 5.68. The summed E-state index contributed by atoms with van der Waals surface area (Å²) in [5.41, 5.74) is 3.32. The highest BCUT2D eigenvalue weighted by atomic mass is 19.1. The maximum absolute atomic E-state index is 14.5. The Bertz CT molecular complexity index is 1060. The zero-order valence-corrected chi connectivity index (χ0v) is 15.8. The average molecular weight is 392 g/mol. The van der Waals surface area contributed by atoms with E-state index in [1.165, 1.54) is 0 Å². The molecule has 2 aromatic heterocycles. The normalized spacial score (nSPS) is 21.2. The Morgan fingerprint density at radius 3 is 2.83 bits per heavy atom. The van der Waals surface area contributed by atoms with Crippen LogP contribution in [-0.4, -0.2) is 37.9 Å². The molecule has 7 heteroatoms. The molecule has 1 saturated carbocycles. The minimum absolute atomic E-state index is 0.0786. The van der Waals surface area contributed by atoms with Crippen LogP contribution in [0.25, 0.3) is 22.5 Å². The summed E-state index contributed by atoms with van der Waals surface area (Å²) in [4.78, 5) is 0. The first-order valence-electron chi connectivity index (χ1n) is 9.89. The Morgan fingerprint density at radius 1 is 1.14 bits per heavy atom. The minimum Gasteiger partial charge on any atom is -0.507 e. The van der Waals surface area contributed by atoms with Crippen molar-refractivity contribution in [1.29, 1.82) is 0 Å². The highest BCUT2D eigenvalue weighted by molar-refractivity contribution is 5.75. The lowest BCUT2D eigenvalue weighted by atomic mass is 9.80. The second-order valence-corrected chi connectivity index (χ2v) is 7.47. The molecule has 5 rings (SSSR count). The number of hydrogen-bond acceptors (Lipinski definition) is 5. The van der Waals surface area contributed by atoms with Gasteiger partial charge in [0.15, 0.2) is 0 Å². The molecule has 0 amide bonds. The Hall–Kier alpha value is -3.22. The van der Waals surface area contributed by atoms with Gasteiger partial charge in [0.25, 0.3) is 0 Å². The summed E-state index contributed by atoms with van der Waals surface area (Å²) in [7, 11) is 0. The predicted molar refractivity (Wildman–Crippen MR) is 107 cm³/mol. The summed E-state index contributed by atoms with van der Waals surface area (Å²) in [6.07, 6.45) is 7.95. The van der Waals surface area contributed by atoms with Crippen LogP contribution in [0, 0.1) is 5.92 Å². The molecule has 2 aliphatic rings. The molecule has 1 aromatic carbocycles. The van der Waals surface area contributed by atoms with E-state index in [2.05, 4.69) is 15.3 Å². The van der Waals surface area contributed by atoms with Gasteiger partial charge in [0, 0.05) is 36.0 Å². The standard InChI is InChI=1S/C22H21FN4O2/c23-18-5-2-1-4-15(18)16-8-11-29-21-13-19(25-26-22(16)21)17-7-6-14(12-20(17)28)27-10-3-9-24-27/h3,6-10,12-13,15,18,28H,1-2,4-5,11H2/t15-,18-/m1/s1. The first kappa shape index (κ1) is 17.8. The van der Waals surface area contributed by atoms with E-state index in [1.807, 2.05) is 18.2 Å². The fourth-order valence-electron chi connectivity index (χ4n) is 4.20. The van der Waals surface area contributed by atoms with Crippen LogP contribution in [0.5, 0.6) is 11.5 Å². The van der Waals surface area contributed by atoms with Crippen molar-refractivity contribution in [3.8, 4) is 28.4 Å². The zero-order chi connectivity index (χ0) is 19.8. The number of phenols is 1. The van der Waals surface area contributed by atoms with Crippen LogP contribution in [0.2, 0.25) is 0 Å². The van der Waals surface area contributed by atoms with Gasteiger partial charge in [-0.15, -0.1) is 10.2 Å². The number of aromatic hydroxyl groups is 1. The van der Waals surface area contributed by atoms with Crippen LogP contribution >= 0.6 is 0 Å². The van der Waals surface area contributed by atoms with Crippen molar-refractivity contribution in [3.05, 3.63) is 54.5 Å². The van der Waals surface area contributed by atoms with E-state index in [-0.39, 0.29) is 11.7 Å². The molecule has 148 valence electrons. The molecule has 0 unspecified atom stereocenters. The molecule has 29 heavy (non-hydrogen) atoms. The van der Waals surface area contributed by atoms with Gasteiger partial charge in [0.05, 0.1) is 5.69 Å². The molecule has 0 bridgehead atoms. The van der Waals surface area contributed by atoms with Gasteiger partial charge in [-0.2, -0.15) is 5.10 Å². The van der Waals surface area contributed by atoms with Crippen molar-refractivity contribution in [2.75, 3.05) is 6.61 Å². The lowest BCUT2D eigenvalue weighted by Crippen LogP contribution is -2.24. The van der Waals surface area contributed by atoms with Gasteiger partial charge in [-0.1, -0.05) is 12.8 Å². The minimum atomic E-state index is -0.846. The van der Waals surface area contributed by atoms with Crippen molar-refractivity contribution in [2.45, 2.75) is 31.9 Å². The molecular formula is C22H21FN4O2. The number of allylic oxidation sites excluding steroid dienone is 1. The molecular weight excluding hydrogens is 371 g/mol. The number of fused-ring (bicyclic) bond motifs is 1. The second-order valence-electron chi connectivity index (χ2n) is 7.47. The molecule has 2 atom stereocenters. The first-order valence-corrected chi connectivity index (χ1v) is 9.89. The van der Waals surface area contributed by atoms with Crippen molar-refractivity contribution < 1.29 is 14.2 Å². The highest BCUT2D eigenvalue weighted by Gasteiger charge is 2.32. The maximum atomic E-state index is 14.5. The second kappa shape index (κ2) is 7.31. The van der Waals surface area contributed by atoms with Crippen LogP contribution in [0.15, 0.2) is 48.8 Å². The van der Waals surface area contributed by atoms with Crippen LogP contribution in [-0.2, 0) is 0 Å². The number of halogens is 1. The fraction of sp³-hybridized carbons (Fsp3) is 0.318. The topological polar surface area (TPSA) is 73.1 Å². The number of nitrogens with zero attached hydrogens (tertiary/aromatic N) is 4. The number of alkyl halides is 1. The molecule has 0 saturated heterocycles. The lowest BCUT2D eigenvalue weighted by Gasteiger charge is -2.30. The molecule has 1 aliphatic heterocycles. The number of benzene rings is 1. The zero-order valence-electron chi connectivity index (χ0n) is 15.8. The summed E-state index contributed by atoms with van der Waals surface area (Å²) in [6, 6.07) is 8.85. The Kier molecular flexibility index (Phi) is 4.50. The van der Waals surface area contributed by atoms with Gasteiger partial charge in [-0.25, -0.2) is 9.07 Å². The molecule has 0 spiro atoms. The van der Waals surface area contributed by atoms with Gasteiger partial charge in [-0.05, 0) is 42.7 Å². The summed E-state index contributed by atoms with van der Waals surface area (Å²) in [5, 5.41) is 23.4. The van der Waals surface area contributed by atoms with E-state index in [4.69, 9.17) is 4.74 Å². The SMILES string of the molecule is Oc1cc(-n2cccn2)ccc1-c1cc2c(nn1)C([C@H]1CCCC[C@H]1F)=CCO2. The number of phenolic OH excluding ortho intramolecular Hbond substituents is 1. The molecule has 0 radical (unpaired) electrons. The van der Waals surface area contributed by atoms with E-state index < -0.39 is 6.17 Å². The van der Waals surface area contributed by atoms with Crippen molar-refractivity contribution in [1.82, 2.24) is 20.0 Å². The van der Waals surface area contributed by atoms with Gasteiger partial charge >= 0.3 is 0 Å². The van der Waals surface area contributed by atoms with Crippen LogP contribution in [0.4, 0.5) is 4.39 Å². The molecule has 3 heterocycles. The maximum Gasteiger partial charge on any atom is 0.149 e. The fourth-order valence-corrected chi connectivity index (χ4v) is 4.20. The Balaban J connectivity index is 1.48. The van der Waals surface area contributed by atoms with Gasteiger partial charge in [-0.3, -0.25) is 0 Å². The molecule has 6 nitrogen and oxygen atoms in total. The van der Waals surface area contributed by atoms with Gasteiger partial charge in [0.1, 0.15) is 35.7 Å². The number of rotatable bonds is 3. The molecule has 1 N–H and O–H groups in total. The van der Waals surface area contributed by atoms with E-state index in [1.54, 1.807) is 35.3 Å². The van der Waals surface area contributed by atoms with Crippen LogP contribution in [0.1, 0.15) is 31.4 Å². The number of ether oxygens (including phenoxy) is 1. The predicted octanol–water partition coefficient (Wildman–Crippen LogP) is 4.34. The Labute approximate surface area is 167 Å². The van der Waals surface area contributed by atoms with E-state index >= 15 is 0 Å². The van der Waals surface area contributed by atoms with Crippen molar-refractivity contribution in [3.63, 3.8) is 0 Å². The quantitative estimate of drug-likeness (QED) is 0.718. The molecule has 3 aromatic rings. The smallest absolute Gasteiger partial charge is 0.149 e. The summed E-state index contributed by atoms with van der Waals surface area (Å²) in [5.74, 6) is 0.518. The van der Waals surface area contributed by atoms with E-state index in [0.29, 0.717) is 35.7 Å². The largest absolute Gasteiger partial charge is 0.507 e. The average Bonchev–Trinajstić information content (AvgIpc) is 3.28. The summed E-state index contributed by atoms with van der Waals surface area (Å²) >= 11 is 0. The number of hydrogen-bond donors (Lipinski definition) is 1. The van der Waals surface area contributed by atoms with Crippen LogP contribution < -0.4 is 4.74 Å². The third-order valence-electron chi connectivity index (χ3n) is 5.68. The van der Waals surface area contributed by atoms with Crippen molar-refractivity contribution >= 4 is 5.57 Å². The monoisotopic (exact) mass is 392 g/mol. The highest BCUT2D eigenvalue weighted by Crippen LogP contribution is 2.42. The molecule has 1 fully saturated rings. The Morgan fingerprint density at radius 2 is 2.03 bits per heavy atom. The van der Waals surface area contributed by atoms with E-state index in [0.717, 1.165) is 30.5 Å². The first-order chi connectivity index (χ1) is 14.2. The molecule has 1 aliphatic carbocycles. The van der Waals surface area contributed by atoms with Gasteiger partial charge in [0.2, 0.25) is 0 Å². The van der Waals surface area contributed by atoms with Crippen molar-refractivity contribution in [2.24, 2.45) is 5.92 Å². The third kappa shape index (κ3) is 3.26. The summed E-state index contributed by atoms with van der Waals surface area (Å²) in [6.45, 7) is 0.390. The van der Waals surface area contributed by atoms with Gasteiger partial charge < -0.3 is 9.84 Å². The lowest BCUT2D eigenvalue weighted by molar-refractivity contribution is 0.203. The summed E-state index contributed by atoms with van der Waals surface area (Å²) < 4.78 is 21.9. The number of aromatic nitrogens is 4. The van der Waals surface area contributed by atoms with Crippen LogP contribution in [0.3, 0.4) is 0 Å².